The number of nitrogens with one attached hydrogen (secondary N) is 1. The minimum Gasteiger partial charge on any atom is -0.354 e. The second-order valence-electron chi connectivity index (χ2n) is 7.71. The molecule has 2 aromatic rings. The molecule has 34 heavy (non-hydrogen) atoms. The first-order valence-electron chi connectivity index (χ1n) is 10.7. The van der Waals surface area contributed by atoms with Gasteiger partial charge in [0.25, 0.3) is 0 Å². The van der Waals surface area contributed by atoms with Crippen LogP contribution in [0.2, 0.25) is 15.1 Å². The van der Waals surface area contributed by atoms with Crippen LogP contribution in [0.25, 0.3) is 0 Å². The Hall–Kier alpha value is -2.00. The summed E-state index contributed by atoms with van der Waals surface area (Å²) >= 11 is 18.3. The average Bonchev–Trinajstić information content (AvgIpc) is 2.78. The molecule has 11 heteroatoms. The summed E-state index contributed by atoms with van der Waals surface area (Å²) in [6.07, 6.45) is 2.06. The van der Waals surface area contributed by atoms with Crippen molar-refractivity contribution in [3.8, 4) is 0 Å². The van der Waals surface area contributed by atoms with Crippen LogP contribution >= 0.6 is 34.8 Å². The summed E-state index contributed by atoms with van der Waals surface area (Å²) in [5.74, 6) is -0.867. The molecule has 0 spiro atoms. The lowest BCUT2D eigenvalue weighted by Crippen LogP contribution is -2.52. The molecule has 1 N–H and O–H groups in total. The fourth-order valence-electron chi connectivity index (χ4n) is 3.35. The molecule has 7 nitrogen and oxygen atoms in total. The molecule has 0 fully saturated rings. The highest BCUT2D eigenvalue weighted by Crippen LogP contribution is 2.33. The Bertz CT molecular complexity index is 1110. The number of nitrogens with zero attached hydrogens (tertiary/aromatic N) is 2. The Morgan fingerprint density at radius 2 is 1.68 bits per heavy atom. The van der Waals surface area contributed by atoms with Crippen molar-refractivity contribution in [1.29, 1.82) is 0 Å². The van der Waals surface area contributed by atoms with Gasteiger partial charge in [-0.3, -0.25) is 13.9 Å². The zero-order valence-corrected chi connectivity index (χ0v) is 22.3. The maximum absolute atomic E-state index is 13.6. The second-order valence-corrected chi connectivity index (χ2v) is 10.8. The van der Waals surface area contributed by atoms with Crippen LogP contribution in [-0.2, 0) is 26.2 Å². The summed E-state index contributed by atoms with van der Waals surface area (Å²) in [5, 5.41) is 3.53. The third kappa shape index (κ3) is 7.50. The number of anilines is 1. The Morgan fingerprint density at radius 3 is 2.24 bits per heavy atom. The molecular weight excluding hydrogens is 521 g/mol. The van der Waals surface area contributed by atoms with Crippen molar-refractivity contribution in [2.24, 2.45) is 0 Å². The first-order chi connectivity index (χ1) is 16.0. The second kappa shape index (κ2) is 12.6. The zero-order chi connectivity index (χ0) is 25.5. The Kier molecular flexibility index (Phi) is 10.5. The number of hydrogen-bond acceptors (Lipinski definition) is 4. The molecule has 0 heterocycles. The number of carbonyl (C=O) groups is 2. The highest BCUT2D eigenvalue weighted by molar-refractivity contribution is 7.92. The van der Waals surface area contributed by atoms with Gasteiger partial charge in [-0.25, -0.2) is 8.42 Å². The van der Waals surface area contributed by atoms with E-state index in [1.165, 1.54) is 17.0 Å². The summed E-state index contributed by atoms with van der Waals surface area (Å²) in [6.45, 7) is 3.72. The van der Waals surface area contributed by atoms with Gasteiger partial charge in [-0.05, 0) is 42.7 Å². The monoisotopic (exact) mass is 547 g/mol. The van der Waals surface area contributed by atoms with E-state index in [0.29, 0.717) is 18.0 Å². The van der Waals surface area contributed by atoms with E-state index in [4.69, 9.17) is 34.8 Å². The van der Waals surface area contributed by atoms with Gasteiger partial charge >= 0.3 is 0 Å². The van der Waals surface area contributed by atoms with Gasteiger partial charge in [0.1, 0.15) is 12.6 Å². The molecule has 0 aromatic heterocycles. The van der Waals surface area contributed by atoms with E-state index in [0.717, 1.165) is 22.5 Å². The minimum absolute atomic E-state index is 0.0133. The SMILES string of the molecule is CCCNC(=O)[C@H](CC)N(Cc1ccc(Cl)cc1)C(=O)CN(c1cccc(Cl)c1Cl)S(C)(=O)=O. The largest absolute Gasteiger partial charge is 0.354 e. The van der Waals surface area contributed by atoms with Crippen LogP contribution in [-0.4, -0.2) is 50.5 Å². The van der Waals surface area contributed by atoms with Crippen LogP contribution in [0.4, 0.5) is 5.69 Å². The van der Waals surface area contributed by atoms with Gasteiger partial charge in [0.05, 0.1) is 22.0 Å². The fourth-order valence-corrected chi connectivity index (χ4v) is 4.78. The van der Waals surface area contributed by atoms with Gasteiger partial charge < -0.3 is 10.2 Å². The molecule has 2 amide bonds. The summed E-state index contributed by atoms with van der Waals surface area (Å²) in [4.78, 5) is 27.8. The zero-order valence-electron chi connectivity index (χ0n) is 19.2. The fraction of sp³-hybridized carbons (Fsp3) is 0.391. The topological polar surface area (TPSA) is 86.8 Å². The van der Waals surface area contributed by atoms with Crippen LogP contribution < -0.4 is 9.62 Å². The summed E-state index contributed by atoms with van der Waals surface area (Å²) < 4.78 is 26.1. The molecule has 0 saturated carbocycles. The van der Waals surface area contributed by atoms with Gasteiger partial charge in [-0.15, -0.1) is 0 Å². The van der Waals surface area contributed by atoms with Crippen molar-refractivity contribution in [1.82, 2.24) is 10.2 Å². The smallest absolute Gasteiger partial charge is 0.244 e. The summed E-state index contributed by atoms with van der Waals surface area (Å²) in [5.41, 5.74) is 0.825. The first-order valence-corrected chi connectivity index (χ1v) is 13.7. The van der Waals surface area contributed by atoms with E-state index in [2.05, 4.69) is 5.32 Å². The number of benzene rings is 2. The standard InChI is InChI=1S/C23H28Cl3N3O4S/c1-4-13-27-23(31)19(5-2)28(14-16-9-11-17(24)12-10-16)21(30)15-29(34(3,32)33)20-8-6-7-18(25)22(20)26/h6-12,19H,4-5,13-15H2,1-3H3,(H,27,31)/t19-/m0/s1. The molecule has 0 saturated heterocycles. The highest BCUT2D eigenvalue weighted by atomic mass is 35.5. The van der Waals surface area contributed by atoms with Crippen LogP contribution in [0.1, 0.15) is 32.3 Å². The molecule has 0 aliphatic rings. The van der Waals surface area contributed by atoms with E-state index in [1.54, 1.807) is 37.3 Å². The van der Waals surface area contributed by atoms with E-state index in [9.17, 15) is 18.0 Å². The van der Waals surface area contributed by atoms with Gasteiger partial charge in [-0.2, -0.15) is 0 Å². The molecule has 0 aliphatic heterocycles. The predicted octanol–water partition coefficient (Wildman–Crippen LogP) is 4.75. The Labute approximate surface area is 216 Å². The van der Waals surface area contributed by atoms with Gasteiger partial charge in [-0.1, -0.05) is 66.8 Å². The maximum Gasteiger partial charge on any atom is 0.244 e. The first kappa shape index (κ1) is 28.2. The molecule has 1 atom stereocenters. The van der Waals surface area contributed by atoms with Gasteiger partial charge in [0.2, 0.25) is 21.8 Å². The molecular formula is C23H28Cl3N3O4S. The number of carbonyl (C=O) groups excluding carboxylic acids is 2. The molecule has 0 bridgehead atoms. The molecule has 186 valence electrons. The van der Waals surface area contributed by atoms with Crippen molar-refractivity contribution in [2.45, 2.75) is 39.3 Å². The van der Waals surface area contributed by atoms with Crippen molar-refractivity contribution in [3.63, 3.8) is 0 Å². The van der Waals surface area contributed by atoms with Gasteiger partial charge in [0.15, 0.2) is 0 Å². The lowest BCUT2D eigenvalue weighted by Gasteiger charge is -2.33. The quantitative estimate of drug-likeness (QED) is 0.439. The van der Waals surface area contributed by atoms with Crippen LogP contribution in [0, 0.1) is 0 Å². The lowest BCUT2D eigenvalue weighted by atomic mass is 10.1. The van der Waals surface area contributed by atoms with Crippen molar-refractivity contribution >= 4 is 62.3 Å². The average molecular weight is 549 g/mol. The molecule has 2 rings (SSSR count). The van der Waals surface area contributed by atoms with Crippen molar-refractivity contribution in [2.75, 3.05) is 23.7 Å². The minimum atomic E-state index is -3.91. The molecule has 0 radical (unpaired) electrons. The Morgan fingerprint density at radius 1 is 1.03 bits per heavy atom. The van der Waals surface area contributed by atoms with Crippen LogP contribution in [0.3, 0.4) is 0 Å². The van der Waals surface area contributed by atoms with E-state index >= 15 is 0 Å². The number of halogens is 3. The van der Waals surface area contributed by atoms with E-state index in [1.807, 2.05) is 6.92 Å². The Balaban J connectivity index is 2.46. The van der Waals surface area contributed by atoms with Crippen molar-refractivity contribution in [3.05, 3.63) is 63.1 Å². The lowest BCUT2D eigenvalue weighted by molar-refractivity contribution is -0.140. The third-order valence-corrected chi connectivity index (χ3v) is 7.27. The molecule has 0 aliphatic carbocycles. The van der Waals surface area contributed by atoms with Crippen molar-refractivity contribution < 1.29 is 18.0 Å². The van der Waals surface area contributed by atoms with Crippen LogP contribution in [0.5, 0.6) is 0 Å². The third-order valence-electron chi connectivity index (χ3n) is 5.08. The number of hydrogen-bond donors (Lipinski definition) is 1. The maximum atomic E-state index is 13.6. The number of amides is 2. The molecule has 2 aromatic carbocycles. The van der Waals surface area contributed by atoms with Crippen LogP contribution in [0.15, 0.2) is 42.5 Å². The summed E-state index contributed by atoms with van der Waals surface area (Å²) in [7, 11) is -3.91. The van der Waals surface area contributed by atoms with Gasteiger partial charge in [0, 0.05) is 18.1 Å². The number of sulfonamides is 1. The summed E-state index contributed by atoms with van der Waals surface area (Å²) in [6, 6.07) is 10.6. The predicted molar refractivity (Wildman–Crippen MR) is 138 cm³/mol. The normalized spacial score (nSPS) is 12.2. The molecule has 0 unspecified atom stereocenters. The van der Waals surface area contributed by atoms with E-state index in [-0.39, 0.29) is 28.2 Å². The van der Waals surface area contributed by atoms with E-state index < -0.39 is 28.5 Å². The number of rotatable bonds is 11. The highest BCUT2D eigenvalue weighted by Gasteiger charge is 2.32.